The summed E-state index contributed by atoms with van der Waals surface area (Å²) in [6, 6.07) is 9.50. The Labute approximate surface area is 168 Å². The monoisotopic (exact) mass is 439 g/mol. The van der Waals surface area contributed by atoms with E-state index in [1.807, 2.05) is 0 Å². The van der Waals surface area contributed by atoms with Crippen LogP contribution in [-0.4, -0.2) is 24.1 Å². The van der Waals surface area contributed by atoms with Crippen LogP contribution in [0.2, 0.25) is 5.02 Å². The summed E-state index contributed by atoms with van der Waals surface area (Å²) < 4.78 is 52.3. The molecule has 0 aliphatic rings. The Bertz CT molecular complexity index is 1260. The van der Waals surface area contributed by atoms with E-state index in [0.717, 1.165) is 36.4 Å². The Morgan fingerprint density at radius 1 is 1.07 bits per heavy atom. The zero-order chi connectivity index (χ0) is 21.2. The Kier molecular flexibility index (Phi) is 5.76. The van der Waals surface area contributed by atoms with E-state index < -0.39 is 44.5 Å². The van der Waals surface area contributed by atoms with Crippen molar-refractivity contribution in [3.8, 4) is 0 Å². The van der Waals surface area contributed by atoms with Crippen molar-refractivity contribution in [3.63, 3.8) is 0 Å². The van der Waals surface area contributed by atoms with Gasteiger partial charge in [0.2, 0.25) is 15.7 Å². The lowest BCUT2D eigenvalue weighted by atomic mass is 10.3. The first-order chi connectivity index (χ1) is 13.7. The van der Waals surface area contributed by atoms with Gasteiger partial charge < -0.3 is 5.32 Å². The highest BCUT2D eigenvalue weighted by atomic mass is 35.5. The number of amides is 1. The summed E-state index contributed by atoms with van der Waals surface area (Å²) in [5, 5.41) is 5.50. The van der Waals surface area contributed by atoms with E-state index in [0.29, 0.717) is 4.68 Å². The van der Waals surface area contributed by atoms with Crippen molar-refractivity contribution in [2.45, 2.75) is 16.5 Å². The number of benzene rings is 2. The van der Waals surface area contributed by atoms with Crippen LogP contribution in [-0.2, 0) is 21.2 Å². The molecule has 0 saturated carbocycles. The van der Waals surface area contributed by atoms with Gasteiger partial charge in [-0.15, -0.1) is 0 Å². The van der Waals surface area contributed by atoms with Crippen molar-refractivity contribution in [2.24, 2.45) is 0 Å². The molecule has 3 rings (SSSR count). The van der Waals surface area contributed by atoms with Gasteiger partial charge in [-0.25, -0.2) is 21.9 Å². The van der Waals surface area contributed by atoms with Crippen molar-refractivity contribution in [1.29, 1.82) is 0 Å². The fourth-order valence-corrected chi connectivity index (χ4v) is 3.79. The van der Waals surface area contributed by atoms with E-state index in [-0.39, 0.29) is 15.6 Å². The molecule has 3 aromatic rings. The number of carbonyl (C=O) groups is 1. The van der Waals surface area contributed by atoms with Gasteiger partial charge in [-0.05, 0) is 42.5 Å². The summed E-state index contributed by atoms with van der Waals surface area (Å²) in [5.41, 5.74) is -0.627. The number of nitrogens with one attached hydrogen (secondary N) is 1. The van der Waals surface area contributed by atoms with Gasteiger partial charge in [-0.1, -0.05) is 17.7 Å². The van der Waals surface area contributed by atoms with Gasteiger partial charge in [-0.3, -0.25) is 9.59 Å². The van der Waals surface area contributed by atoms with E-state index in [4.69, 9.17) is 11.6 Å². The van der Waals surface area contributed by atoms with Crippen LogP contribution in [0.15, 0.2) is 69.3 Å². The van der Waals surface area contributed by atoms with Gasteiger partial charge in [0.15, 0.2) is 5.03 Å². The third-order valence-electron chi connectivity index (χ3n) is 3.72. The van der Waals surface area contributed by atoms with Gasteiger partial charge in [0.25, 0.3) is 5.56 Å². The molecule has 0 fully saturated rings. The fourth-order valence-electron chi connectivity index (χ4n) is 2.36. The standard InChI is InChI=1S/C18H12ClF2N3O4S/c19-14-9-12(21)4-5-15(14)22-16(25)10-24-18(26)7-6-17(23-24)29(27,28)13-3-1-2-11(20)8-13/h1-9H,10H2,(H,22,25). The molecule has 0 unspecified atom stereocenters. The van der Waals surface area contributed by atoms with Gasteiger partial charge in [0.1, 0.15) is 18.2 Å². The van der Waals surface area contributed by atoms with Gasteiger partial charge in [-0.2, -0.15) is 5.10 Å². The predicted octanol–water partition coefficient (Wildman–Crippen LogP) is 2.65. The number of anilines is 1. The van der Waals surface area contributed by atoms with Crippen LogP contribution in [0.5, 0.6) is 0 Å². The smallest absolute Gasteiger partial charge is 0.267 e. The summed E-state index contributed by atoms with van der Waals surface area (Å²) in [6.07, 6.45) is 0. The second kappa shape index (κ2) is 8.10. The molecule has 1 amide bonds. The first-order valence-corrected chi connectivity index (χ1v) is 9.86. The van der Waals surface area contributed by atoms with Crippen molar-refractivity contribution in [3.05, 3.63) is 81.6 Å². The number of sulfone groups is 1. The third-order valence-corrected chi connectivity index (χ3v) is 5.68. The zero-order valence-electron chi connectivity index (χ0n) is 14.5. The lowest BCUT2D eigenvalue weighted by molar-refractivity contribution is -0.117. The minimum atomic E-state index is -4.21. The molecule has 0 atom stereocenters. The molecule has 0 aliphatic carbocycles. The molecular formula is C18H12ClF2N3O4S. The van der Waals surface area contributed by atoms with Crippen molar-refractivity contribution < 1.29 is 22.0 Å². The van der Waals surface area contributed by atoms with Crippen LogP contribution in [0.1, 0.15) is 0 Å². The number of hydrogen-bond donors (Lipinski definition) is 1. The van der Waals surface area contributed by atoms with Crippen molar-refractivity contribution in [2.75, 3.05) is 5.32 Å². The second-order valence-electron chi connectivity index (χ2n) is 5.80. The number of hydrogen-bond acceptors (Lipinski definition) is 5. The average Bonchev–Trinajstić information content (AvgIpc) is 2.65. The van der Waals surface area contributed by atoms with Crippen LogP contribution in [0.3, 0.4) is 0 Å². The maximum Gasteiger partial charge on any atom is 0.267 e. The Balaban J connectivity index is 1.87. The van der Waals surface area contributed by atoms with Crippen molar-refractivity contribution >= 4 is 33.0 Å². The normalized spacial score (nSPS) is 11.3. The number of carbonyl (C=O) groups excluding carboxylic acids is 1. The van der Waals surface area contributed by atoms with E-state index >= 15 is 0 Å². The largest absolute Gasteiger partial charge is 0.323 e. The van der Waals surface area contributed by atoms with Gasteiger partial charge in [0.05, 0.1) is 15.6 Å². The minimum Gasteiger partial charge on any atom is -0.323 e. The van der Waals surface area contributed by atoms with Crippen molar-refractivity contribution in [1.82, 2.24) is 9.78 Å². The molecule has 150 valence electrons. The SMILES string of the molecule is O=C(Cn1nc(S(=O)(=O)c2cccc(F)c2)ccc1=O)Nc1ccc(F)cc1Cl. The quantitative estimate of drug-likeness (QED) is 0.659. The first kappa shape index (κ1) is 20.6. The number of rotatable bonds is 5. The molecule has 1 heterocycles. The fraction of sp³-hybridized carbons (Fsp3) is 0.0556. The third kappa shape index (κ3) is 4.66. The molecule has 0 radical (unpaired) electrons. The van der Waals surface area contributed by atoms with E-state index in [1.54, 1.807) is 0 Å². The minimum absolute atomic E-state index is 0.0545. The molecule has 7 nitrogen and oxygen atoms in total. The van der Waals surface area contributed by atoms with E-state index in [9.17, 15) is 26.8 Å². The lowest BCUT2D eigenvalue weighted by Gasteiger charge is -2.10. The molecule has 0 spiro atoms. The maximum absolute atomic E-state index is 13.4. The van der Waals surface area contributed by atoms with Crippen LogP contribution in [0.25, 0.3) is 0 Å². The van der Waals surface area contributed by atoms with Crippen LogP contribution in [0.4, 0.5) is 14.5 Å². The van der Waals surface area contributed by atoms with Gasteiger partial charge in [0, 0.05) is 6.07 Å². The Morgan fingerprint density at radius 3 is 2.48 bits per heavy atom. The second-order valence-corrected chi connectivity index (χ2v) is 8.10. The summed E-state index contributed by atoms with van der Waals surface area (Å²) in [5.74, 6) is -2.09. The number of nitrogens with zero attached hydrogens (tertiary/aromatic N) is 2. The number of halogens is 3. The van der Waals surface area contributed by atoms with Gasteiger partial charge >= 0.3 is 0 Å². The molecule has 0 bridgehead atoms. The Hall–Kier alpha value is -3.11. The van der Waals surface area contributed by atoms with Crippen LogP contribution >= 0.6 is 11.6 Å². The highest BCUT2D eigenvalue weighted by Crippen LogP contribution is 2.22. The molecule has 1 aromatic heterocycles. The Morgan fingerprint density at radius 2 is 1.79 bits per heavy atom. The highest BCUT2D eigenvalue weighted by molar-refractivity contribution is 7.91. The predicted molar refractivity (Wildman–Crippen MR) is 100 cm³/mol. The zero-order valence-corrected chi connectivity index (χ0v) is 16.0. The highest BCUT2D eigenvalue weighted by Gasteiger charge is 2.21. The van der Waals surface area contributed by atoms with E-state index in [2.05, 4.69) is 10.4 Å². The van der Waals surface area contributed by atoms with Crippen LogP contribution in [0, 0.1) is 11.6 Å². The summed E-state index contributed by atoms with van der Waals surface area (Å²) in [6.45, 7) is -0.626. The molecule has 11 heteroatoms. The lowest BCUT2D eigenvalue weighted by Crippen LogP contribution is -2.30. The summed E-state index contributed by atoms with van der Waals surface area (Å²) in [7, 11) is -4.21. The molecule has 0 saturated heterocycles. The summed E-state index contributed by atoms with van der Waals surface area (Å²) >= 11 is 5.82. The van der Waals surface area contributed by atoms with E-state index in [1.165, 1.54) is 18.2 Å². The molecular weight excluding hydrogens is 428 g/mol. The summed E-state index contributed by atoms with van der Waals surface area (Å²) in [4.78, 5) is 23.8. The topological polar surface area (TPSA) is 98.1 Å². The molecule has 29 heavy (non-hydrogen) atoms. The molecule has 1 N–H and O–H groups in total. The molecule has 0 aliphatic heterocycles. The van der Waals surface area contributed by atoms with Crippen LogP contribution < -0.4 is 10.9 Å². The number of aromatic nitrogens is 2. The first-order valence-electron chi connectivity index (χ1n) is 8.00. The average molecular weight is 440 g/mol. The molecule has 2 aromatic carbocycles. The maximum atomic E-state index is 13.4.